The Bertz CT molecular complexity index is 1450. The van der Waals surface area contributed by atoms with Gasteiger partial charge in [0.05, 0.1) is 11.2 Å². The molecule has 0 spiro atoms. The van der Waals surface area contributed by atoms with E-state index in [9.17, 15) is 0 Å². The predicted octanol–water partition coefficient (Wildman–Crippen LogP) is 5.49. The van der Waals surface area contributed by atoms with Crippen LogP contribution in [-0.4, -0.2) is 62.4 Å². The van der Waals surface area contributed by atoms with Gasteiger partial charge in [0.2, 0.25) is 0 Å². The molecule has 0 saturated carbocycles. The number of rotatable bonds is 8. The smallest absolute Gasteiger partial charge is 0.326 e. The lowest BCUT2D eigenvalue weighted by Gasteiger charge is -2.36. The fourth-order valence-electron chi connectivity index (χ4n) is 4.82. The molecule has 0 bridgehead atoms. The number of hydrogen-bond donors (Lipinski definition) is 2. The minimum Gasteiger partial charge on any atom is -0.421 e. The van der Waals surface area contributed by atoms with E-state index in [1.807, 2.05) is 61.9 Å². The summed E-state index contributed by atoms with van der Waals surface area (Å²) >= 11 is 0. The van der Waals surface area contributed by atoms with Crippen molar-refractivity contribution in [3.63, 3.8) is 0 Å². The van der Waals surface area contributed by atoms with Crippen LogP contribution in [0.2, 0.25) is 0 Å². The Morgan fingerprint density at radius 1 is 1.11 bits per heavy atom. The second-order valence-electron chi connectivity index (χ2n) is 10.2. The zero-order valence-electron chi connectivity index (χ0n) is 22.6. The number of aromatic amines is 1. The van der Waals surface area contributed by atoms with Gasteiger partial charge in [-0.3, -0.25) is 10.00 Å². The molecule has 1 aliphatic heterocycles. The van der Waals surface area contributed by atoms with Gasteiger partial charge in [-0.25, -0.2) is 4.39 Å². The Balaban J connectivity index is 1.45. The third-order valence-corrected chi connectivity index (χ3v) is 6.78. The first-order chi connectivity index (χ1) is 18.3. The number of hydrogen-bond acceptors (Lipinski definition) is 7. The molecule has 3 aromatic heterocycles. The van der Waals surface area contributed by atoms with Crippen molar-refractivity contribution in [1.29, 1.82) is 0 Å². The molecule has 1 aliphatic rings. The molecular weight excluding hydrogens is 483 g/mol. The van der Waals surface area contributed by atoms with Crippen LogP contribution in [0.15, 0.2) is 36.4 Å². The van der Waals surface area contributed by atoms with Crippen LogP contribution in [-0.2, 0) is 7.05 Å². The van der Waals surface area contributed by atoms with E-state index in [1.54, 1.807) is 6.07 Å². The Morgan fingerprint density at radius 3 is 2.63 bits per heavy atom. The monoisotopic (exact) mass is 518 g/mol. The normalized spacial score (nSPS) is 14.8. The number of H-pyrrole nitrogens is 1. The SMILES string of the molecule is C/C=C/c1cc(Nc2cc(N3CCN(CC(C)C)CC3)nc(Oc3ccc4c(cc(C)n4C)c3F)n2)n[nH]1. The average Bonchev–Trinajstić information content (AvgIpc) is 3.44. The maximum Gasteiger partial charge on any atom is 0.326 e. The molecule has 5 rings (SSSR count). The summed E-state index contributed by atoms with van der Waals surface area (Å²) in [5.74, 6) is 2.14. The van der Waals surface area contributed by atoms with E-state index in [-0.39, 0.29) is 11.8 Å². The molecule has 38 heavy (non-hydrogen) atoms. The van der Waals surface area contributed by atoms with Gasteiger partial charge >= 0.3 is 6.01 Å². The third kappa shape index (κ3) is 5.50. The second kappa shape index (κ2) is 10.8. The summed E-state index contributed by atoms with van der Waals surface area (Å²) in [4.78, 5) is 13.9. The molecular formula is C28H35FN8O. The van der Waals surface area contributed by atoms with E-state index in [4.69, 9.17) is 4.74 Å². The Labute approximate surface area is 222 Å². The van der Waals surface area contributed by atoms with Crippen LogP contribution >= 0.6 is 0 Å². The Hall–Kier alpha value is -3.92. The summed E-state index contributed by atoms with van der Waals surface area (Å²) in [6.07, 6.45) is 3.86. The van der Waals surface area contributed by atoms with Crippen molar-refractivity contribution in [2.24, 2.45) is 13.0 Å². The molecule has 0 amide bonds. The van der Waals surface area contributed by atoms with Crippen molar-refractivity contribution in [3.8, 4) is 11.8 Å². The summed E-state index contributed by atoms with van der Waals surface area (Å²) < 4.78 is 23.3. The molecule has 9 nitrogen and oxygen atoms in total. The van der Waals surface area contributed by atoms with Gasteiger partial charge in [-0.2, -0.15) is 15.1 Å². The predicted molar refractivity (Wildman–Crippen MR) is 150 cm³/mol. The van der Waals surface area contributed by atoms with E-state index in [0.29, 0.717) is 22.9 Å². The average molecular weight is 519 g/mol. The molecule has 0 aliphatic carbocycles. The first-order valence-corrected chi connectivity index (χ1v) is 13.0. The molecule has 2 N–H and O–H groups in total. The number of nitrogens with zero attached hydrogens (tertiary/aromatic N) is 6. The van der Waals surface area contributed by atoms with Gasteiger partial charge < -0.3 is 19.5 Å². The number of aryl methyl sites for hydroxylation is 2. The number of halogens is 1. The zero-order chi connectivity index (χ0) is 26.8. The van der Waals surface area contributed by atoms with Gasteiger partial charge in [0.25, 0.3) is 0 Å². The van der Waals surface area contributed by atoms with Crippen molar-refractivity contribution in [1.82, 2.24) is 29.6 Å². The molecule has 0 unspecified atom stereocenters. The highest BCUT2D eigenvalue weighted by Gasteiger charge is 2.21. The number of benzene rings is 1. The van der Waals surface area contributed by atoms with Crippen molar-refractivity contribution in [2.75, 3.05) is 42.9 Å². The highest BCUT2D eigenvalue weighted by molar-refractivity contribution is 5.83. The Kier molecular flexibility index (Phi) is 7.33. The van der Waals surface area contributed by atoms with Gasteiger partial charge in [-0.15, -0.1) is 0 Å². The van der Waals surface area contributed by atoms with Gasteiger partial charge in [-0.1, -0.05) is 19.9 Å². The highest BCUT2D eigenvalue weighted by Crippen LogP contribution is 2.32. The van der Waals surface area contributed by atoms with Crippen molar-refractivity contribution in [3.05, 3.63) is 53.6 Å². The number of nitrogens with one attached hydrogen (secondary N) is 2. The van der Waals surface area contributed by atoms with E-state index >= 15 is 4.39 Å². The van der Waals surface area contributed by atoms with Crippen molar-refractivity contribution >= 4 is 34.4 Å². The summed E-state index contributed by atoms with van der Waals surface area (Å²) in [5, 5.41) is 11.0. The molecule has 1 aromatic carbocycles. The van der Waals surface area contributed by atoms with Crippen molar-refractivity contribution in [2.45, 2.75) is 27.7 Å². The van der Waals surface area contributed by atoms with Crippen LogP contribution in [0.3, 0.4) is 0 Å². The second-order valence-corrected chi connectivity index (χ2v) is 10.2. The van der Waals surface area contributed by atoms with E-state index in [2.05, 4.69) is 49.1 Å². The van der Waals surface area contributed by atoms with Crippen LogP contribution in [0.25, 0.3) is 17.0 Å². The van der Waals surface area contributed by atoms with Crippen LogP contribution in [0.1, 0.15) is 32.2 Å². The van der Waals surface area contributed by atoms with Crippen LogP contribution in [0, 0.1) is 18.7 Å². The van der Waals surface area contributed by atoms with Gasteiger partial charge in [0, 0.05) is 63.0 Å². The molecule has 10 heteroatoms. The molecule has 0 radical (unpaired) electrons. The minimum absolute atomic E-state index is 0.0738. The topological polar surface area (TPSA) is 87.1 Å². The summed E-state index contributed by atoms with van der Waals surface area (Å²) in [5.41, 5.74) is 2.64. The fourth-order valence-corrected chi connectivity index (χ4v) is 4.82. The van der Waals surface area contributed by atoms with Gasteiger partial charge in [0.15, 0.2) is 17.4 Å². The number of ether oxygens (including phenoxy) is 1. The third-order valence-electron chi connectivity index (χ3n) is 6.78. The number of anilines is 3. The van der Waals surface area contributed by atoms with Crippen LogP contribution < -0.4 is 15.0 Å². The highest BCUT2D eigenvalue weighted by atomic mass is 19.1. The lowest BCUT2D eigenvalue weighted by molar-refractivity contribution is 0.230. The molecule has 1 fully saturated rings. The first kappa shape index (κ1) is 25.7. The van der Waals surface area contributed by atoms with E-state index < -0.39 is 5.82 Å². The standard InChI is InChI=1S/C28H35FN8O/c1-6-7-20-15-25(34-33-20)30-24-16-26(37-12-10-36(11-13-37)17-18(2)3)32-28(31-24)38-23-9-8-22-21(27(23)29)14-19(4)35(22)5/h6-9,14-16,18H,10-13,17H2,1-5H3,(H2,30,31,32,33,34)/b7-6+. The summed E-state index contributed by atoms with van der Waals surface area (Å²) in [6, 6.07) is 9.14. The van der Waals surface area contributed by atoms with Gasteiger partial charge in [0.1, 0.15) is 11.6 Å². The zero-order valence-corrected chi connectivity index (χ0v) is 22.6. The lowest BCUT2D eigenvalue weighted by Crippen LogP contribution is -2.47. The summed E-state index contributed by atoms with van der Waals surface area (Å²) in [6.45, 7) is 13.0. The van der Waals surface area contributed by atoms with E-state index in [0.717, 1.165) is 55.4 Å². The number of fused-ring (bicyclic) bond motifs is 1. The molecule has 0 atom stereocenters. The number of aromatic nitrogens is 5. The van der Waals surface area contributed by atoms with Gasteiger partial charge in [-0.05, 0) is 44.0 Å². The molecule has 4 heterocycles. The maximum atomic E-state index is 15.4. The molecule has 200 valence electrons. The largest absolute Gasteiger partial charge is 0.421 e. The van der Waals surface area contributed by atoms with Crippen LogP contribution in [0.4, 0.5) is 21.8 Å². The molecule has 1 saturated heterocycles. The Morgan fingerprint density at radius 2 is 1.89 bits per heavy atom. The van der Waals surface area contributed by atoms with Crippen molar-refractivity contribution < 1.29 is 9.13 Å². The number of allylic oxidation sites excluding steroid dienone is 1. The quantitative estimate of drug-likeness (QED) is 0.319. The minimum atomic E-state index is -0.430. The van der Waals surface area contributed by atoms with E-state index in [1.165, 1.54) is 0 Å². The number of piperazine rings is 1. The maximum absolute atomic E-state index is 15.4. The molecule has 4 aromatic rings. The first-order valence-electron chi connectivity index (χ1n) is 13.0. The lowest BCUT2D eigenvalue weighted by atomic mass is 10.2. The summed E-state index contributed by atoms with van der Waals surface area (Å²) in [7, 11) is 1.92. The van der Waals surface area contributed by atoms with Crippen LogP contribution in [0.5, 0.6) is 11.8 Å². The fraction of sp³-hybridized carbons (Fsp3) is 0.393.